The van der Waals surface area contributed by atoms with E-state index in [2.05, 4.69) is 10.3 Å². The molecule has 0 aliphatic carbocycles. The molecule has 0 aliphatic heterocycles. The molecule has 1 aromatic carbocycles. The molecule has 0 saturated heterocycles. The Morgan fingerprint density at radius 1 is 1.41 bits per heavy atom. The summed E-state index contributed by atoms with van der Waals surface area (Å²) in [5.74, 6) is 0. The Labute approximate surface area is 100 Å². The maximum Gasteiger partial charge on any atom is 0.327 e. The number of carbonyl (C=O) groups excluding carboxylic acids is 1. The molecule has 1 atom stereocenters. The van der Waals surface area contributed by atoms with Crippen molar-refractivity contribution >= 4 is 6.03 Å². The second-order valence-corrected chi connectivity index (χ2v) is 3.79. The van der Waals surface area contributed by atoms with Crippen LogP contribution < -0.4 is 5.32 Å². The van der Waals surface area contributed by atoms with Crippen LogP contribution in [0.4, 0.5) is 4.79 Å². The zero-order valence-corrected chi connectivity index (χ0v) is 9.71. The van der Waals surface area contributed by atoms with Crippen molar-refractivity contribution in [1.29, 1.82) is 0 Å². The van der Waals surface area contributed by atoms with Gasteiger partial charge in [0.1, 0.15) is 6.33 Å². The molecule has 1 aromatic heterocycles. The van der Waals surface area contributed by atoms with Crippen LogP contribution in [0.2, 0.25) is 0 Å². The van der Waals surface area contributed by atoms with Gasteiger partial charge >= 0.3 is 6.03 Å². The Balaban J connectivity index is 2.09. The maximum atomic E-state index is 11.9. The largest absolute Gasteiger partial charge is 0.331 e. The van der Waals surface area contributed by atoms with Gasteiger partial charge in [0.15, 0.2) is 0 Å². The molecule has 88 valence electrons. The summed E-state index contributed by atoms with van der Waals surface area (Å²) in [6.45, 7) is 2.05. The minimum Gasteiger partial charge on any atom is -0.331 e. The van der Waals surface area contributed by atoms with Gasteiger partial charge in [-0.2, -0.15) is 0 Å². The van der Waals surface area contributed by atoms with E-state index in [9.17, 15) is 4.79 Å². The van der Waals surface area contributed by atoms with Gasteiger partial charge in [0.25, 0.3) is 0 Å². The van der Waals surface area contributed by atoms with Gasteiger partial charge in [0.05, 0.1) is 6.04 Å². The van der Waals surface area contributed by atoms with Crippen molar-refractivity contribution < 1.29 is 4.79 Å². The summed E-state index contributed by atoms with van der Waals surface area (Å²) in [5, 5.41) is 2.97. The molecule has 0 radical (unpaired) electrons. The zero-order valence-electron chi connectivity index (χ0n) is 9.71. The molecule has 17 heavy (non-hydrogen) atoms. The first-order chi connectivity index (χ1) is 8.31. The fourth-order valence-electron chi connectivity index (χ4n) is 1.71. The van der Waals surface area contributed by atoms with E-state index in [1.807, 2.05) is 37.3 Å². The molecule has 1 amide bonds. The first-order valence-corrected chi connectivity index (χ1v) is 5.65. The predicted molar refractivity (Wildman–Crippen MR) is 65.6 cm³/mol. The number of amides is 1. The van der Waals surface area contributed by atoms with E-state index in [1.165, 1.54) is 10.9 Å². The molecule has 1 heterocycles. The Morgan fingerprint density at radius 3 is 2.76 bits per heavy atom. The standard InChI is InChI=1S/C13H15N3O/c1-2-12(11-6-4-3-5-7-11)15-13(17)16-9-8-14-10-16/h3-10,12H,2H2,1H3,(H,15,17)/t12-/m1/s1. The summed E-state index contributed by atoms with van der Waals surface area (Å²) >= 11 is 0. The Kier molecular flexibility index (Phi) is 3.55. The lowest BCUT2D eigenvalue weighted by Crippen LogP contribution is -2.31. The highest BCUT2D eigenvalue weighted by atomic mass is 16.2. The quantitative estimate of drug-likeness (QED) is 0.879. The van der Waals surface area contributed by atoms with Crippen molar-refractivity contribution in [3.63, 3.8) is 0 Å². The zero-order chi connectivity index (χ0) is 12.1. The number of nitrogens with zero attached hydrogens (tertiary/aromatic N) is 2. The lowest BCUT2D eigenvalue weighted by molar-refractivity contribution is 0.238. The van der Waals surface area contributed by atoms with Crippen molar-refractivity contribution in [3.05, 3.63) is 54.6 Å². The van der Waals surface area contributed by atoms with E-state index < -0.39 is 0 Å². The van der Waals surface area contributed by atoms with Gasteiger partial charge in [-0.15, -0.1) is 0 Å². The molecule has 0 unspecified atom stereocenters. The molecular formula is C13H15N3O. The van der Waals surface area contributed by atoms with E-state index in [0.717, 1.165) is 12.0 Å². The normalized spacial score (nSPS) is 12.1. The molecule has 1 N–H and O–H groups in total. The second-order valence-electron chi connectivity index (χ2n) is 3.79. The highest BCUT2D eigenvalue weighted by Gasteiger charge is 2.12. The van der Waals surface area contributed by atoms with Crippen LogP contribution in [0.3, 0.4) is 0 Å². The van der Waals surface area contributed by atoms with Gasteiger partial charge in [0, 0.05) is 12.4 Å². The average Bonchev–Trinajstić information content (AvgIpc) is 2.90. The average molecular weight is 229 g/mol. The van der Waals surface area contributed by atoms with Crippen molar-refractivity contribution in [2.75, 3.05) is 0 Å². The van der Waals surface area contributed by atoms with Crippen molar-refractivity contribution in [2.24, 2.45) is 0 Å². The Bertz CT molecular complexity index is 465. The summed E-state index contributed by atoms with van der Waals surface area (Å²) in [7, 11) is 0. The van der Waals surface area contributed by atoms with E-state index in [4.69, 9.17) is 0 Å². The third-order valence-electron chi connectivity index (χ3n) is 2.65. The van der Waals surface area contributed by atoms with Gasteiger partial charge in [-0.05, 0) is 12.0 Å². The Hall–Kier alpha value is -2.10. The van der Waals surface area contributed by atoms with Crippen LogP contribution in [0.15, 0.2) is 49.1 Å². The van der Waals surface area contributed by atoms with Crippen molar-refractivity contribution in [3.8, 4) is 0 Å². The highest BCUT2D eigenvalue weighted by Crippen LogP contribution is 2.15. The van der Waals surface area contributed by atoms with E-state index in [-0.39, 0.29) is 12.1 Å². The highest BCUT2D eigenvalue weighted by molar-refractivity contribution is 5.76. The fraction of sp³-hybridized carbons (Fsp3) is 0.231. The lowest BCUT2D eigenvalue weighted by atomic mass is 10.1. The summed E-state index contributed by atoms with van der Waals surface area (Å²) < 4.78 is 1.44. The van der Waals surface area contributed by atoms with Crippen molar-refractivity contribution in [1.82, 2.24) is 14.9 Å². The monoisotopic (exact) mass is 229 g/mol. The number of benzene rings is 1. The maximum absolute atomic E-state index is 11.9. The third-order valence-corrected chi connectivity index (χ3v) is 2.65. The number of hydrogen-bond acceptors (Lipinski definition) is 2. The van der Waals surface area contributed by atoms with Crippen LogP contribution in [-0.4, -0.2) is 15.6 Å². The number of imidazole rings is 1. The minimum absolute atomic E-state index is 0.0334. The van der Waals surface area contributed by atoms with E-state index in [0.29, 0.717) is 0 Å². The lowest BCUT2D eigenvalue weighted by Gasteiger charge is -2.17. The molecule has 4 nitrogen and oxygen atoms in total. The van der Waals surface area contributed by atoms with Crippen molar-refractivity contribution in [2.45, 2.75) is 19.4 Å². The van der Waals surface area contributed by atoms with Crippen LogP contribution in [-0.2, 0) is 0 Å². The summed E-state index contributed by atoms with van der Waals surface area (Å²) in [5.41, 5.74) is 1.11. The molecular weight excluding hydrogens is 214 g/mol. The topological polar surface area (TPSA) is 46.9 Å². The molecule has 0 fully saturated rings. The summed E-state index contributed by atoms with van der Waals surface area (Å²) in [4.78, 5) is 15.7. The number of rotatable bonds is 3. The van der Waals surface area contributed by atoms with Crippen LogP contribution >= 0.6 is 0 Å². The first-order valence-electron chi connectivity index (χ1n) is 5.65. The molecule has 0 bridgehead atoms. The number of aromatic nitrogens is 2. The van der Waals surface area contributed by atoms with E-state index in [1.54, 1.807) is 12.4 Å². The van der Waals surface area contributed by atoms with Gasteiger partial charge in [-0.3, -0.25) is 4.57 Å². The smallest absolute Gasteiger partial charge is 0.327 e. The second kappa shape index (κ2) is 5.30. The van der Waals surface area contributed by atoms with Crippen LogP contribution in [0.1, 0.15) is 24.9 Å². The van der Waals surface area contributed by atoms with Gasteiger partial charge < -0.3 is 5.32 Å². The molecule has 0 spiro atoms. The van der Waals surface area contributed by atoms with Gasteiger partial charge in [-0.1, -0.05) is 37.3 Å². The molecule has 4 heteroatoms. The first kappa shape index (κ1) is 11.4. The third kappa shape index (κ3) is 2.72. The molecule has 2 aromatic rings. The molecule has 2 rings (SSSR count). The molecule has 0 saturated carbocycles. The Morgan fingerprint density at radius 2 is 2.18 bits per heavy atom. The SMILES string of the molecule is CC[C@@H](NC(=O)n1ccnc1)c1ccccc1. The fourth-order valence-corrected chi connectivity index (χ4v) is 1.71. The molecule has 0 aliphatic rings. The van der Waals surface area contributed by atoms with Crippen LogP contribution in [0.25, 0.3) is 0 Å². The summed E-state index contributed by atoms with van der Waals surface area (Å²) in [6.07, 6.45) is 5.56. The van der Waals surface area contributed by atoms with E-state index >= 15 is 0 Å². The van der Waals surface area contributed by atoms with Gasteiger partial charge in [0.2, 0.25) is 0 Å². The summed E-state index contributed by atoms with van der Waals surface area (Å²) in [6, 6.07) is 9.82. The number of nitrogens with one attached hydrogen (secondary N) is 1. The number of hydrogen-bond donors (Lipinski definition) is 1. The van der Waals surface area contributed by atoms with Crippen LogP contribution in [0, 0.1) is 0 Å². The number of carbonyl (C=O) groups is 1. The van der Waals surface area contributed by atoms with Gasteiger partial charge in [-0.25, -0.2) is 9.78 Å². The van der Waals surface area contributed by atoms with Crippen LogP contribution in [0.5, 0.6) is 0 Å². The predicted octanol–water partition coefficient (Wildman–Crippen LogP) is 2.59. The minimum atomic E-state index is -0.154.